The quantitative estimate of drug-likeness (QED) is 0.330. The van der Waals surface area contributed by atoms with Gasteiger partial charge in [0.1, 0.15) is 11.3 Å². The Morgan fingerprint density at radius 1 is 1.07 bits per heavy atom. The third kappa shape index (κ3) is 4.42. The van der Waals surface area contributed by atoms with E-state index in [1.807, 2.05) is 31.2 Å². The van der Waals surface area contributed by atoms with Crippen molar-refractivity contribution in [2.75, 3.05) is 12.4 Å². The monoisotopic (exact) mass is 601 g/mol. The number of aryl methyl sites for hydroxylation is 1. The molecule has 0 bridgehead atoms. The first-order valence-corrected chi connectivity index (χ1v) is 11.4. The van der Waals surface area contributed by atoms with E-state index in [0.29, 0.717) is 29.6 Å². The van der Waals surface area contributed by atoms with Gasteiger partial charge < -0.3 is 15.2 Å². The molecule has 0 atom stereocenters. The smallest absolute Gasteiger partial charge is 0.339 e. The van der Waals surface area contributed by atoms with Crippen LogP contribution in [-0.4, -0.2) is 24.1 Å². The fourth-order valence-corrected chi connectivity index (χ4v) is 6.54. The number of carbonyl (C=O) groups excluding carboxylic acids is 1. The molecule has 3 aromatic rings. The van der Waals surface area contributed by atoms with E-state index in [-0.39, 0.29) is 11.3 Å². The fraction of sp³-hybridized carbons (Fsp3) is 0.100. The molecular formula is C20H14Br3NO4S. The second kappa shape index (κ2) is 8.99. The van der Waals surface area contributed by atoms with Gasteiger partial charge in [0.15, 0.2) is 0 Å². The van der Waals surface area contributed by atoms with Crippen LogP contribution in [0.1, 0.15) is 26.3 Å². The molecule has 0 aliphatic rings. The van der Waals surface area contributed by atoms with Crippen LogP contribution in [0, 0.1) is 6.92 Å². The molecule has 5 nitrogen and oxygen atoms in total. The van der Waals surface area contributed by atoms with E-state index in [2.05, 4.69) is 53.1 Å². The maximum atomic E-state index is 13.0. The summed E-state index contributed by atoms with van der Waals surface area (Å²) >= 11 is 11.4. The van der Waals surface area contributed by atoms with Gasteiger partial charge in [-0.15, -0.1) is 11.3 Å². The van der Waals surface area contributed by atoms with Crippen molar-refractivity contribution < 1.29 is 19.4 Å². The second-order valence-electron chi connectivity index (χ2n) is 6.04. The molecule has 1 heterocycles. The lowest BCUT2D eigenvalue weighted by molar-refractivity contribution is 0.0699. The van der Waals surface area contributed by atoms with Gasteiger partial charge >= 0.3 is 5.97 Å². The lowest BCUT2D eigenvalue weighted by Gasteiger charge is -2.13. The molecule has 2 N–H and O–H groups in total. The van der Waals surface area contributed by atoms with Gasteiger partial charge in [-0.3, -0.25) is 4.79 Å². The zero-order valence-electron chi connectivity index (χ0n) is 15.2. The number of nitrogens with one attached hydrogen (secondary N) is 1. The highest BCUT2D eigenvalue weighted by Gasteiger charge is 2.25. The van der Waals surface area contributed by atoms with E-state index < -0.39 is 11.9 Å². The van der Waals surface area contributed by atoms with Gasteiger partial charge in [-0.25, -0.2) is 4.79 Å². The normalized spacial score (nSPS) is 10.7. The van der Waals surface area contributed by atoms with Crippen LogP contribution in [0.3, 0.4) is 0 Å². The van der Waals surface area contributed by atoms with Crippen molar-refractivity contribution >= 4 is 76.7 Å². The number of halogens is 3. The summed E-state index contributed by atoms with van der Waals surface area (Å²) in [6, 6.07) is 9.27. The number of carboxylic acid groups (broad SMARTS) is 1. The van der Waals surface area contributed by atoms with Crippen LogP contribution < -0.4 is 10.1 Å². The average Bonchev–Trinajstić information content (AvgIpc) is 3.06. The van der Waals surface area contributed by atoms with Gasteiger partial charge in [0.25, 0.3) is 5.91 Å². The Labute approximate surface area is 196 Å². The number of ether oxygens (including phenoxy) is 1. The van der Waals surface area contributed by atoms with Crippen molar-refractivity contribution in [2.45, 2.75) is 6.92 Å². The average molecular weight is 604 g/mol. The molecule has 0 saturated heterocycles. The Balaban J connectivity index is 2.02. The van der Waals surface area contributed by atoms with Gasteiger partial charge in [0.05, 0.1) is 32.2 Å². The zero-order valence-corrected chi connectivity index (χ0v) is 20.8. The fourth-order valence-electron chi connectivity index (χ4n) is 2.73. The topological polar surface area (TPSA) is 75.6 Å². The number of benzene rings is 2. The Kier molecular flexibility index (Phi) is 6.83. The van der Waals surface area contributed by atoms with Crippen molar-refractivity contribution in [1.82, 2.24) is 0 Å². The lowest BCUT2D eigenvalue weighted by atomic mass is 10.1. The molecule has 0 radical (unpaired) electrons. The van der Waals surface area contributed by atoms with Crippen molar-refractivity contribution in [1.29, 1.82) is 0 Å². The molecule has 150 valence electrons. The van der Waals surface area contributed by atoms with Crippen molar-refractivity contribution in [3.8, 4) is 16.2 Å². The Bertz CT molecular complexity index is 1110. The SMILES string of the molecule is COc1c(Br)cc(Br)c(C(=O)Nc2csc(-c3ccc(C)cc3)c2C(=O)O)c1Br. The summed E-state index contributed by atoms with van der Waals surface area (Å²) in [5, 5.41) is 14.1. The van der Waals surface area contributed by atoms with E-state index >= 15 is 0 Å². The maximum Gasteiger partial charge on any atom is 0.339 e. The number of hydrogen-bond acceptors (Lipinski definition) is 4. The van der Waals surface area contributed by atoms with E-state index in [0.717, 1.165) is 11.1 Å². The van der Waals surface area contributed by atoms with Crippen LogP contribution in [0.5, 0.6) is 5.75 Å². The highest BCUT2D eigenvalue weighted by atomic mass is 79.9. The molecule has 9 heteroatoms. The minimum absolute atomic E-state index is 0.0588. The molecule has 1 amide bonds. The molecule has 29 heavy (non-hydrogen) atoms. The molecule has 2 aromatic carbocycles. The first kappa shape index (κ1) is 22.0. The van der Waals surface area contributed by atoms with Crippen LogP contribution in [0.4, 0.5) is 5.69 Å². The summed E-state index contributed by atoms with van der Waals surface area (Å²) in [5.41, 5.74) is 2.46. The highest BCUT2D eigenvalue weighted by Crippen LogP contribution is 2.41. The first-order valence-electron chi connectivity index (χ1n) is 8.19. The summed E-state index contributed by atoms with van der Waals surface area (Å²) in [5.74, 6) is -1.11. The largest absolute Gasteiger partial charge is 0.494 e. The number of aromatic carboxylic acids is 1. The predicted octanol–water partition coefficient (Wildman–Crippen LogP) is 6.97. The molecule has 0 fully saturated rings. The predicted molar refractivity (Wildman–Crippen MR) is 125 cm³/mol. The van der Waals surface area contributed by atoms with Gasteiger partial charge in [0, 0.05) is 9.85 Å². The van der Waals surface area contributed by atoms with Crippen molar-refractivity contribution in [3.05, 3.63) is 65.8 Å². The maximum absolute atomic E-state index is 13.0. The minimum atomic E-state index is -1.11. The molecule has 0 saturated carbocycles. The first-order chi connectivity index (χ1) is 13.7. The standard InChI is InChI=1S/C20H14Br3NO4S/c1-9-3-5-10(6-4-9)18-15(20(26)27)13(8-29-18)24-19(25)14-11(21)7-12(22)17(28-2)16(14)23/h3-8H,1-2H3,(H,24,25)(H,26,27). The van der Waals surface area contributed by atoms with E-state index in [9.17, 15) is 14.7 Å². The van der Waals surface area contributed by atoms with Gasteiger partial charge in [-0.2, -0.15) is 0 Å². The summed E-state index contributed by atoms with van der Waals surface area (Å²) in [7, 11) is 1.50. The summed E-state index contributed by atoms with van der Waals surface area (Å²) in [4.78, 5) is 25.5. The third-order valence-corrected chi connectivity index (χ3v) is 7.13. The number of hydrogen-bond donors (Lipinski definition) is 2. The summed E-state index contributed by atoms with van der Waals surface area (Å²) < 4.78 is 6.96. The van der Waals surface area contributed by atoms with E-state index in [1.165, 1.54) is 18.4 Å². The van der Waals surface area contributed by atoms with Crippen LogP contribution >= 0.6 is 59.1 Å². The number of thiophene rings is 1. The Morgan fingerprint density at radius 2 is 1.72 bits per heavy atom. The minimum Gasteiger partial charge on any atom is -0.494 e. The highest BCUT2D eigenvalue weighted by molar-refractivity contribution is 9.11. The molecular weight excluding hydrogens is 590 g/mol. The molecule has 0 aliphatic carbocycles. The summed E-state index contributed by atoms with van der Waals surface area (Å²) in [6.45, 7) is 1.96. The van der Waals surface area contributed by atoms with E-state index in [1.54, 1.807) is 11.4 Å². The third-order valence-electron chi connectivity index (χ3n) is 4.13. The Hall–Kier alpha value is -1.68. The van der Waals surface area contributed by atoms with Crippen molar-refractivity contribution in [2.24, 2.45) is 0 Å². The number of carboxylic acids is 1. The van der Waals surface area contributed by atoms with Gasteiger partial charge in [0.2, 0.25) is 0 Å². The zero-order chi connectivity index (χ0) is 21.3. The summed E-state index contributed by atoms with van der Waals surface area (Å²) in [6.07, 6.45) is 0. The van der Waals surface area contributed by atoms with Gasteiger partial charge in [-0.1, -0.05) is 29.8 Å². The van der Waals surface area contributed by atoms with Crippen LogP contribution in [-0.2, 0) is 0 Å². The molecule has 3 rings (SSSR count). The molecule has 1 aromatic heterocycles. The number of carbonyl (C=O) groups is 2. The number of rotatable bonds is 5. The lowest BCUT2D eigenvalue weighted by Crippen LogP contribution is -2.15. The van der Waals surface area contributed by atoms with Crippen LogP contribution in [0.25, 0.3) is 10.4 Å². The Morgan fingerprint density at radius 3 is 2.31 bits per heavy atom. The number of amides is 1. The van der Waals surface area contributed by atoms with Crippen LogP contribution in [0.2, 0.25) is 0 Å². The molecule has 0 spiro atoms. The van der Waals surface area contributed by atoms with Crippen LogP contribution in [0.15, 0.2) is 49.1 Å². The molecule has 0 aliphatic heterocycles. The van der Waals surface area contributed by atoms with Crippen molar-refractivity contribution in [3.63, 3.8) is 0 Å². The number of methoxy groups -OCH3 is 1. The molecule has 0 unspecified atom stereocenters. The van der Waals surface area contributed by atoms with E-state index in [4.69, 9.17) is 4.74 Å². The number of anilines is 1. The second-order valence-corrected chi connectivity index (χ2v) is 9.42. The van der Waals surface area contributed by atoms with Gasteiger partial charge in [-0.05, 0) is 66.3 Å².